The number of carbonyl (C=O) groups excluding carboxylic acids is 2. The molecule has 4 atom stereocenters. The molecule has 0 aliphatic carbocycles. The van der Waals surface area contributed by atoms with Gasteiger partial charge in [0.15, 0.2) is 6.10 Å². The summed E-state index contributed by atoms with van der Waals surface area (Å²) in [5.74, 6) is -0.0422. The van der Waals surface area contributed by atoms with E-state index in [1.807, 2.05) is 18.2 Å². The fourth-order valence-electron chi connectivity index (χ4n) is 3.26. The average Bonchev–Trinajstić information content (AvgIpc) is 2.55. The molecular formula is C17H21NO6. The van der Waals surface area contributed by atoms with Crippen LogP contribution in [0, 0.1) is 0 Å². The fraction of sp³-hybridized carbons (Fsp3) is 0.529. The Morgan fingerprint density at radius 3 is 2.75 bits per heavy atom. The maximum atomic E-state index is 11.5. The van der Waals surface area contributed by atoms with Crippen LogP contribution < -0.4 is 10.1 Å². The largest absolute Gasteiger partial charge is 0.497 e. The Morgan fingerprint density at radius 2 is 2.08 bits per heavy atom. The number of anilines is 1. The van der Waals surface area contributed by atoms with Crippen LogP contribution in [0.4, 0.5) is 5.69 Å². The van der Waals surface area contributed by atoms with E-state index in [9.17, 15) is 9.59 Å². The van der Waals surface area contributed by atoms with Gasteiger partial charge in [0.2, 0.25) is 0 Å². The van der Waals surface area contributed by atoms with E-state index in [4.69, 9.17) is 18.9 Å². The molecule has 0 spiro atoms. The van der Waals surface area contributed by atoms with Crippen LogP contribution in [0.15, 0.2) is 18.2 Å². The van der Waals surface area contributed by atoms with E-state index in [2.05, 4.69) is 5.32 Å². The smallest absolute Gasteiger partial charge is 0.303 e. The number of benzene rings is 1. The number of methoxy groups -OCH3 is 1. The molecule has 1 fully saturated rings. The van der Waals surface area contributed by atoms with E-state index < -0.39 is 24.1 Å². The van der Waals surface area contributed by atoms with Crippen molar-refractivity contribution in [1.29, 1.82) is 0 Å². The second-order valence-corrected chi connectivity index (χ2v) is 5.98. The molecule has 2 bridgehead atoms. The second-order valence-electron chi connectivity index (χ2n) is 5.98. The molecule has 2 aliphatic rings. The molecule has 0 radical (unpaired) electrons. The predicted octanol–water partition coefficient (Wildman–Crippen LogP) is 1.81. The number of nitrogens with one attached hydrogen (secondary N) is 1. The lowest BCUT2D eigenvalue weighted by Gasteiger charge is -2.45. The van der Waals surface area contributed by atoms with Gasteiger partial charge in [-0.3, -0.25) is 9.59 Å². The lowest BCUT2D eigenvalue weighted by molar-refractivity contribution is -0.185. The van der Waals surface area contributed by atoms with Gasteiger partial charge in [-0.15, -0.1) is 0 Å². The van der Waals surface area contributed by atoms with E-state index in [1.54, 1.807) is 7.11 Å². The van der Waals surface area contributed by atoms with Crippen LogP contribution in [-0.4, -0.2) is 43.9 Å². The number of hydrogen-bond donors (Lipinski definition) is 1. The minimum Gasteiger partial charge on any atom is -0.497 e. The molecule has 0 saturated carbocycles. The summed E-state index contributed by atoms with van der Waals surface area (Å²) >= 11 is 0. The summed E-state index contributed by atoms with van der Waals surface area (Å²) in [5.41, 5.74) is 1.92. The number of ether oxygens (including phenoxy) is 4. The van der Waals surface area contributed by atoms with E-state index >= 15 is 0 Å². The maximum absolute atomic E-state index is 11.5. The van der Waals surface area contributed by atoms with E-state index in [1.165, 1.54) is 13.8 Å². The Labute approximate surface area is 140 Å². The van der Waals surface area contributed by atoms with Gasteiger partial charge in [0.05, 0.1) is 19.3 Å². The van der Waals surface area contributed by atoms with Crippen LogP contribution in [-0.2, 0) is 23.8 Å². The monoisotopic (exact) mass is 335 g/mol. The molecule has 0 amide bonds. The Hall–Kier alpha value is -2.28. The Balaban J connectivity index is 1.87. The molecule has 2 heterocycles. The van der Waals surface area contributed by atoms with Crippen molar-refractivity contribution in [3.05, 3.63) is 23.8 Å². The van der Waals surface area contributed by atoms with Gasteiger partial charge in [-0.1, -0.05) is 0 Å². The van der Waals surface area contributed by atoms with E-state index in [-0.39, 0.29) is 18.8 Å². The van der Waals surface area contributed by atoms with Gasteiger partial charge in [0.1, 0.15) is 18.5 Å². The molecule has 1 aromatic rings. The zero-order chi connectivity index (χ0) is 17.3. The third-order valence-electron chi connectivity index (χ3n) is 4.27. The van der Waals surface area contributed by atoms with Crippen molar-refractivity contribution in [3.8, 4) is 5.75 Å². The summed E-state index contributed by atoms with van der Waals surface area (Å²) in [6, 6.07) is 5.62. The van der Waals surface area contributed by atoms with Crippen molar-refractivity contribution in [2.75, 3.05) is 19.0 Å². The number of esters is 2. The maximum Gasteiger partial charge on any atom is 0.303 e. The number of carbonyl (C=O) groups is 2. The SMILES string of the molecule is COc1ccc2c(c1)[C@@H]1C[C@H](N2)[C@H](OC(C)=O)[C@@H](COC(C)=O)O1. The lowest BCUT2D eigenvalue weighted by atomic mass is 9.87. The molecule has 1 saturated heterocycles. The summed E-state index contributed by atoms with van der Waals surface area (Å²) in [6.07, 6.45) is -0.551. The van der Waals surface area contributed by atoms with Crippen LogP contribution in [0.3, 0.4) is 0 Å². The summed E-state index contributed by atoms with van der Waals surface area (Å²) in [4.78, 5) is 22.6. The van der Waals surface area contributed by atoms with Crippen LogP contribution in [0.2, 0.25) is 0 Å². The highest BCUT2D eigenvalue weighted by atomic mass is 16.6. The highest BCUT2D eigenvalue weighted by molar-refractivity contribution is 5.67. The molecule has 24 heavy (non-hydrogen) atoms. The normalized spacial score (nSPS) is 27.5. The minimum absolute atomic E-state index is 0.0429. The van der Waals surface area contributed by atoms with Crippen molar-refractivity contribution in [3.63, 3.8) is 0 Å². The number of hydrogen-bond acceptors (Lipinski definition) is 7. The summed E-state index contributed by atoms with van der Waals surface area (Å²) < 4.78 is 21.9. The van der Waals surface area contributed by atoms with Crippen LogP contribution >= 0.6 is 0 Å². The van der Waals surface area contributed by atoms with E-state index in [0.29, 0.717) is 6.42 Å². The third kappa shape index (κ3) is 3.31. The third-order valence-corrected chi connectivity index (χ3v) is 4.27. The molecule has 2 aliphatic heterocycles. The highest BCUT2D eigenvalue weighted by Crippen LogP contribution is 2.43. The van der Waals surface area contributed by atoms with Crippen molar-refractivity contribution in [2.24, 2.45) is 0 Å². The Kier molecular flexibility index (Phi) is 4.62. The van der Waals surface area contributed by atoms with Crippen LogP contribution in [0.5, 0.6) is 5.75 Å². The molecular weight excluding hydrogens is 314 g/mol. The molecule has 130 valence electrons. The summed E-state index contributed by atoms with van der Waals surface area (Å²) in [5, 5.41) is 3.40. The van der Waals surface area contributed by atoms with Crippen LogP contribution in [0.1, 0.15) is 31.9 Å². The first-order valence-corrected chi connectivity index (χ1v) is 7.88. The highest BCUT2D eigenvalue weighted by Gasteiger charge is 2.45. The zero-order valence-corrected chi connectivity index (χ0v) is 13.9. The molecule has 1 N–H and O–H groups in total. The van der Waals surface area contributed by atoms with E-state index in [0.717, 1.165) is 17.0 Å². The number of rotatable bonds is 4. The van der Waals surface area contributed by atoms with Gasteiger partial charge < -0.3 is 24.3 Å². The fourth-order valence-corrected chi connectivity index (χ4v) is 3.26. The molecule has 3 rings (SSSR count). The van der Waals surface area contributed by atoms with Crippen molar-refractivity contribution in [1.82, 2.24) is 0 Å². The molecule has 7 nitrogen and oxygen atoms in total. The first-order chi connectivity index (χ1) is 11.5. The average molecular weight is 335 g/mol. The molecule has 1 aromatic carbocycles. The van der Waals surface area contributed by atoms with Gasteiger partial charge in [0.25, 0.3) is 0 Å². The molecule has 7 heteroatoms. The molecule has 0 unspecified atom stereocenters. The summed E-state index contributed by atoms with van der Waals surface area (Å²) in [6.45, 7) is 2.74. The van der Waals surface area contributed by atoms with Gasteiger partial charge in [-0.05, 0) is 18.2 Å². The van der Waals surface area contributed by atoms with Gasteiger partial charge in [-0.25, -0.2) is 0 Å². The van der Waals surface area contributed by atoms with Gasteiger partial charge in [-0.2, -0.15) is 0 Å². The van der Waals surface area contributed by atoms with Gasteiger partial charge >= 0.3 is 11.9 Å². The first kappa shape index (κ1) is 16.6. The molecule has 0 aromatic heterocycles. The number of fused-ring (bicyclic) bond motifs is 4. The van der Waals surface area contributed by atoms with Gasteiger partial charge in [0, 0.05) is 31.5 Å². The topological polar surface area (TPSA) is 83.1 Å². The quantitative estimate of drug-likeness (QED) is 0.840. The second kappa shape index (κ2) is 6.68. The Bertz CT molecular complexity index is 646. The standard InChI is InChI=1S/C17H21NO6/c1-9(19)22-8-16-17(23-10(2)20)14-7-15(24-16)12-6-11(21-3)4-5-13(12)18-14/h4-6,14-18H,7-8H2,1-3H3/t14-,15-,16+,17-/m0/s1. The van der Waals surface area contributed by atoms with Crippen molar-refractivity contribution in [2.45, 2.75) is 44.6 Å². The summed E-state index contributed by atoms with van der Waals surface area (Å²) in [7, 11) is 1.61. The van der Waals surface area contributed by atoms with Crippen LogP contribution in [0.25, 0.3) is 0 Å². The lowest BCUT2D eigenvalue weighted by Crippen LogP contribution is -2.54. The van der Waals surface area contributed by atoms with Crippen molar-refractivity contribution < 1.29 is 28.5 Å². The predicted molar refractivity (Wildman–Crippen MR) is 84.8 cm³/mol. The Morgan fingerprint density at radius 1 is 1.29 bits per heavy atom. The minimum atomic E-state index is -0.520. The first-order valence-electron chi connectivity index (χ1n) is 7.88. The zero-order valence-electron chi connectivity index (χ0n) is 13.9. The van der Waals surface area contributed by atoms with Crippen molar-refractivity contribution >= 4 is 17.6 Å².